The SMILES string of the molecule is CS(=O)(=O)c1ccc(CN2C(=O)NC3(CCN(CC4CN(C(=O)C5CC5)CC4c4ccccc4)CC3)C2=O)cc1.Cl. The molecule has 0 aromatic heterocycles. The van der Waals surface area contributed by atoms with Crippen LogP contribution in [0, 0.1) is 11.8 Å². The molecule has 1 aliphatic carbocycles. The van der Waals surface area contributed by atoms with E-state index in [1.807, 2.05) is 6.07 Å². The molecule has 4 amide bonds. The van der Waals surface area contributed by atoms with E-state index < -0.39 is 21.4 Å². The Morgan fingerprint density at radius 3 is 2.24 bits per heavy atom. The number of urea groups is 1. The van der Waals surface area contributed by atoms with Gasteiger partial charge in [0.2, 0.25) is 5.91 Å². The van der Waals surface area contributed by atoms with Crippen molar-refractivity contribution in [3.63, 3.8) is 0 Å². The summed E-state index contributed by atoms with van der Waals surface area (Å²) in [5.74, 6) is 0.902. The lowest BCUT2D eigenvalue weighted by Crippen LogP contribution is -2.55. The number of hydrogen-bond donors (Lipinski definition) is 1. The van der Waals surface area contributed by atoms with Crippen LogP contribution in [0.15, 0.2) is 59.5 Å². The Balaban J connectivity index is 0.00000337. The number of sulfone groups is 1. The highest BCUT2D eigenvalue weighted by molar-refractivity contribution is 7.90. The molecule has 0 bridgehead atoms. The van der Waals surface area contributed by atoms with Gasteiger partial charge in [-0.15, -0.1) is 12.4 Å². The van der Waals surface area contributed by atoms with E-state index in [1.165, 1.54) is 22.6 Å². The zero-order valence-electron chi connectivity index (χ0n) is 23.2. The topological polar surface area (TPSA) is 107 Å². The van der Waals surface area contributed by atoms with Crippen molar-refractivity contribution in [3.05, 3.63) is 65.7 Å². The Morgan fingerprint density at radius 1 is 0.976 bits per heavy atom. The van der Waals surface area contributed by atoms with Gasteiger partial charge in [-0.2, -0.15) is 0 Å². The van der Waals surface area contributed by atoms with Crippen LogP contribution in [0.25, 0.3) is 0 Å². The zero-order valence-corrected chi connectivity index (χ0v) is 24.8. The molecular formula is C30H37ClN4O5S. The predicted octanol–water partition coefficient (Wildman–Crippen LogP) is 3.05. The first-order chi connectivity index (χ1) is 19.1. The van der Waals surface area contributed by atoms with E-state index in [-0.39, 0.29) is 41.6 Å². The third-order valence-corrected chi connectivity index (χ3v) is 10.2. The number of nitrogens with zero attached hydrogens (tertiary/aromatic N) is 3. The molecule has 4 aliphatic rings. The number of benzene rings is 2. The molecule has 2 atom stereocenters. The molecule has 11 heteroatoms. The Kier molecular flexibility index (Phi) is 8.20. The number of likely N-dealkylation sites (tertiary alicyclic amines) is 2. The fourth-order valence-electron chi connectivity index (χ4n) is 6.53. The van der Waals surface area contributed by atoms with Gasteiger partial charge in [-0.1, -0.05) is 42.5 Å². The van der Waals surface area contributed by atoms with E-state index in [4.69, 9.17) is 0 Å². The molecular weight excluding hydrogens is 564 g/mol. The van der Waals surface area contributed by atoms with Crippen LogP contribution < -0.4 is 5.32 Å². The van der Waals surface area contributed by atoms with Crippen molar-refractivity contribution in [1.29, 1.82) is 0 Å². The Labute approximate surface area is 247 Å². The predicted molar refractivity (Wildman–Crippen MR) is 156 cm³/mol. The molecule has 1 N–H and O–H groups in total. The third kappa shape index (κ3) is 6.01. The van der Waals surface area contributed by atoms with Crippen molar-refractivity contribution in [2.75, 3.05) is 39.0 Å². The quantitative estimate of drug-likeness (QED) is 0.490. The molecule has 2 aromatic rings. The molecule has 2 aromatic carbocycles. The van der Waals surface area contributed by atoms with Crippen molar-refractivity contribution in [3.8, 4) is 0 Å². The second-order valence-electron chi connectivity index (χ2n) is 11.9. The minimum Gasteiger partial charge on any atom is -0.341 e. The molecule has 3 aliphatic heterocycles. The van der Waals surface area contributed by atoms with Gasteiger partial charge in [-0.25, -0.2) is 13.2 Å². The molecule has 4 fully saturated rings. The Bertz CT molecular complexity index is 1410. The van der Waals surface area contributed by atoms with Gasteiger partial charge in [-0.05, 0) is 54.9 Å². The lowest BCUT2D eigenvalue weighted by atomic mass is 9.85. The number of halogens is 1. The van der Waals surface area contributed by atoms with Gasteiger partial charge in [0.1, 0.15) is 5.54 Å². The van der Waals surface area contributed by atoms with Gasteiger partial charge in [-0.3, -0.25) is 14.5 Å². The van der Waals surface area contributed by atoms with Crippen LogP contribution >= 0.6 is 12.4 Å². The fraction of sp³-hybridized carbons (Fsp3) is 0.500. The molecule has 41 heavy (non-hydrogen) atoms. The van der Waals surface area contributed by atoms with Crippen molar-refractivity contribution in [1.82, 2.24) is 20.0 Å². The number of nitrogens with one attached hydrogen (secondary N) is 1. The van der Waals surface area contributed by atoms with E-state index in [0.29, 0.717) is 43.3 Å². The van der Waals surface area contributed by atoms with E-state index in [1.54, 1.807) is 12.1 Å². The molecule has 1 saturated carbocycles. The summed E-state index contributed by atoms with van der Waals surface area (Å²) in [6.45, 7) is 3.86. The summed E-state index contributed by atoms with van der Waals surface area (Å²) in [5, 5.41) is 2.98. The van der Waals surface area contributed by atoms with Crippen LogP contribution in [0.5, 0.6) is 0 Å². The first-order valence-corrected chi connectivity index (χ1v) is 16.0. The molecule has 3 saturated heterocycles. The van der Waals surface area contributed by atoms with Gasteiger partial charge in [0.25, 0.3) is 5.91 Å². The zero-order chi connectivity index (χ0) is 28.1. The average Bonchev–Trinajstić information content (AvgIpc) is 3.67. The van der Waals surface area contributed by atoms with Crippen molar-refractivity contribution in [2.24, 2.45) is 11.8 Å². The Hall–Kier alpha value is -2.95. The second kappa shape index (κ2) is 11.4. The smallest absolute Gasteiger partial charge is 0.325 e. The van der Waals surface area contributed by atoms with E-state index in [0.717, 1.165) is 38.7 Å². The van der Waals surface area contributed by atoms with Gasteiger partial charge in [0, 0.05) is 50.8 Å². The van der Waals surface area contributed by atoms with E-state index in [9.17, 15) is 22.8 Å². The number of carbonyl (C=O) groups is 3. The van der Waals surface area contributed by atoms with Crippen LogP contribution in [0.3, 0.4) is 0 Å². The second-order valence-corrected chi connectivity index (χ2v) is 13.9. The average molecular weight is 601 g/mol. The number of piperidine rings is 1. The lowest BCUT2D eigenvalue weighted by Gasteiger charge is -2.38. The number of carbonyl (C=O) groups excluding carboxylic acids is 3. The summed E-state index contributed by atoms with van der Waals surface area (Å²) < 4.78 is 23.5. The Morgan fingerprint density at radius 2 is 1.63 bits per heavy atom. The van der Waals surface area contributed by atoms with Crippen LogP contribution in [-0.2, 0) is 26.0 Å². The van der Waals surface area contributed by atoms with Crippen LogP contribution in [0.1, 0.15) is 42.7 Å². The van der Waals surface area contributed by atoms with Crippen molar-refractivity contribution >= 4 is 40.1 Å². The van der Waals surface area contributed by atoms with Crippen LogP contribution in [0.2, 0.25) is 0 Å². The lowest BCUT2D eigenvalue weighted by molar-refractivity contribution is -0.133. The number of hydrogen-bond acceptors (Lipinski definition) is 6. The summed E-state index contributed by atoms with van der Waals surface area (Å²) in [6, 6.07) is 16.3. The molecule has 0 radical (unpaired) electrons. The summed E-state index contributed by atoms with van der Waals surface area (Å²) in [4.78, 5) is 45.1. The van der Waals surface area contributed by atoms with E-state index in [2.05, 4.69) is 39.4 Å². The first-order valence-electron chi connectivity index (χ1n) is 14.1. The third-order valence-electron chi connectivity index (χ3n) is 9.05. The minimum atomic E-state index is -3.32. The minimum absolute atomic E-state index is 0. The number of amides is 4. The maximum atomic E-state index is 13.5. The molecule has 1 spiro atoms. The molecule has 3 heterocycles. The van der Waals surface area contributed by atoms with E-state index >= 15 is 0 Å². The molecule has 6 rings (SSSR count). The van der Waals surface area contributed by atoms with Gasteiger partial charge in [0.15, 0.2) is 9.84 Å². The largest absolute Gasteiger partial charge is 0.341 e. The fourth-order valence-corrected chi connectivity index (χ4v) is 7.17. The maximum absolute atomic E-state index is 13.5. The highest BCUT2D eigenvalue weighted by Gasteiger charge is 2.52. The number of rotatable bonds is 7. The monoisotopic (exact) mass is 600 g/mol. The standard InChI is InChI=1S/C30H36N4O5S.ClH/c1-40(38,39)25-11-7-21(8-12-25)17-34-28(36)30(31-29(34)37)13-15-32(16-14-30)18-24-19-33(27(35)23-9-10-23)20-26(24)22-5-3-2-4-6-22;/h2-8,11-12,23-24,26H,9-10,13-20H2,1H3,(H,31,37);1H. The first kappa shape index (κ1) is 29.5. The highest BCUT2D eigenvalue weighted by Crippen LogP contribution is 2.39. The van der Waals surface area contributed by atoms with Crippen molar-refractivity contribution < 1.29 is 22.8 Å². The molecule has 9 nitrogen and oxygen atoms in total. The summed E-state index contributed by atoms with van der Waals surface area (Å²) in [5.41, 5.74) is 1.07. The van der Waals surface area contributed by atoms with Gasteiger partial charge < -0.3 is 15.1 Å². The molecule has 220 valence electrons. The van der Waals surface area contributed by atoms with Crippen LogP contribution in [-0.4, -0.2) is 85.5 Å². The summed E-state index contributed by atoms with van der Waals surface area (Å²) in [6.07, 6.45) is 4.23. The number of imide groups is 1. The molecule has 2 unspecified atom stereocenters. The summed E-state index contributed by atoms with van der Waals surface area (Å²) >= 11 is 0. The normalized spacial score (nSPS) is 24.4. The summed E-state index contributed by atoms with van der Waals surface area (Å²) in [7, 11) is -3.32. The van der Waals surface area contributed by atoms with Crippen molar-refractivity contribution in [2.45, 2.75) is 48.6 Å². The van der Waals surface area contributed by atoms with Gasteiger partial charge in [0.05, 0.1) is 11.4 Å². The maximum Gasteiger partial charge on any atom is 0.325 e. The highest BCUT2D eigenvalue weighted by atomic mass is 35.5. The van der Waals surface area contributed by atoms with Crippen LogP contribution in [0.4, 0.5) is 4.79 Å². The van der Waals surface area contributed by atoms with Gasteiger partial charge >= 0.3 is 6.03 Å².